The highest BCUT2D eigenvalue weighted by Crippen LogP contribution is 2.23. The lowest BCUT2D eigenvalue weighted by Gasteiger charge is -2.35. The molecule has 7 heteroatoms. The minimum Gasteiger partial charge on any atom is -0.354 e. The maximum atomic E-state index is 10.9. The molecule has 2 heterocycles. The molecular formula is C20H23N5O2. The molecule has 0 N–H and O–H groups in total. The first-order valence-corrected chi connectivity index (χ1v) is 9.14. The van der Waals surface area contributed by atoms with E-state index in [1.165, 1.54) is 12.1 Å². The van der Waals surface area contributed by atoms with Crippen LogP contribution in [0.25, 0.3) is 11.4 Å². The van der Waals surface area contributed by atoms with Gasteiger partial charge < -0.3 is 4.90 Å². The van der Waals surface area contributed by atoms with Crippen molar-refractivity contribution in [3.05, 3.63) is 46.1 Å². The summed E-state index contributed by atoms with van der Waals surface area (Å²) >= 11 is 0. The zero-order chi connectivity index (χ0) is 19.2. The van der Waals surface area contributed by atoms with Crippen LogP contribution < -0.4 is 4.90 Å². The van der Waals surface area contributed by atoms with Gasteiger partial charge in [-0.1, -0.05) is 6.92 Å². The van der Waals surface area contributed by atoms with Crippen LogP contribution in [0.5, 0.6) is 0 Å². The minimum absolute atomic E-state index is 0.0636. The maximum absolute atomic E-state index is 10.9. The van der Waals surface area contributed by atoms with Crippen LogP contribution >= 0.6 is 0 Å². The fourth-order valence-corrected chi connectivity index (χ4v) is 3.11. The predicted molar refractivity (Wildman–Crippen MR) is 106 cm³/mol. The van der Waals surface area contributed by atoms with Crippen molar-refractivity contribution in [3.63, 3.8) is 0 Å². The Bertz CT molecular complexity index is 836. The molecule has 0 aliphatic carbocycles. The van der Waals surface area contributed by atoms with Gasteiger partial charge in [-0.2, -0.15) is 0 Å². The molecule has 3 rings (SSSR count). The number of rotatable bonds is 6. The third-order valence-corrected chi connectivity index (χ3v) is 4.73. The smallest absolute Gasteiger partial charge is 0.269 e. The van der Waals surface area contributed by atoms with Crippen LogP contribution in [0.15, 0.2) is 30.3 Å². The third kappa shape index (κ3) is 4.60. The van der Waals surface area contributed by atoms with E-state index in [-0.39, 0.29) is 5.69 Å². The Kier molecular flexibility index (Phi) is 5.99. The van der Waals surface area contributed by atoms with Gasteiger partial charge in [0.1, 0.15) is 5.82 Å². The number of nitrogens with zero attached hydrogens (tertiary/aromatic N) is 5. The quantitative estimate of drug-likeness (QED) is 0.445. The molecule has 1 saturated heterocycles. The van der Waals surface area contributed by atoms with E-state index in [1.54, 1.807) is 12.1 Å². The van der Waals surface area contributed by atoms with Crippen molar-refractivity contribution < 1.29 is 4.92 Å². The summed E-state index contributed by atoms with van der Waals surface area (Å²) in [5.74, 6) is 4.21. The van der Waals surface area contributed by atoms with Gasteiger partial charge in [0.2, 0.25) is 0 Å². The molecule has 0 spiro atoms. The first kappa shape index (κ1) is 18.8. The highest BCUT2D eigenvalue weighted by atomic mass is 16.6. The number of nitro benzene ring substituents is 1. The zero-order valence-corrected chi connectivity index (χ0v) is 15.5. The SMILES string of the molecule is C#CCCN1CCN(c2cc(CC)nc(-c3ccc([N+](=O)[O-])cc3)n2)CC1. The molecular weight excluding hydrogens is 342 g/mol. The van der Waals surface area contributed by atoms with Crippen LogP contribution in [-0.2, 0) is 6.42 Å². The number of non-ortho nitro benzene ring substituents is 1. The number of benzene rings is 1. The fraction of sp³-hybridized carbons (Fsp3) is 0.400. The van der Waals surface area contributed by atoms with E-state index in [0.29, 0.717) is 5.82 Å². The third-order valence-electron chi connectivity index (χ3n) is 4.73. The largest absolute Gasteiger partial charge is 0.354 e. The first-order chi connectivity index (χ1) is 13.1. The highest BCUT2D eigenvalue weighted by Gasteiger charge is 2.19. The Morgan fingerprint density at radius 1 is 1.19 bits per heavy atom. The van der Waals surface area contributed by atoms with Crippen LogP contribution in [-0.4, -0.2) is 52.5 Å². The minimum atomic E-state index is -0.405. The van der Waals surface area contributed by atoms with Crippen molar-refractivity contribution >= 4 is 11.5 Å². The maximum Gasteiger partial charge on any atom is 0.269 e. The van der Waals surface area contributed by atoms with Crippen LogP contribution in [0.4, 0.5) is 11.5 Å². The lowest BCUT2D eigenvalue weighted by atomic mass is 10.2. The molecule has 1 aromatic heterocycles. The van der Waals surface area contributed by atoms with Crippen LogP contribution in [0.1, 0.15) is 19.0 Å². The molecule has 2 aromatic rings. The average Bonchev–Trinajstić information content (AvgIpc) is 2.72. The number of hydrogen-bond donors (Lipinski definition) is 0. The molecule has 1 aliphatic heterocycles. The summed E-state index contributed by atoms with van der Waals surface area (Å²) < 4.78 is 0. The van der Waals surface area contributed by atoms with Crippen molar-refractivity contribution in [3.8, 4) is 23.7 Å². The van der Waals surface area contributed by atoms with Gasteiger partial charge in [-0.3, -0.25) is 15.0 Å². The van der Waals surface area contributed by atoms with Gasteiger partial charge in [0.25, 0.3) is 5.69 Å². The normalized spacial score (nSPS) is 14.7. The van der Waals surface area contributed by atoms with Gasteiger partial charge >= 0.3 is 0 Å². The molecule has 0 amide bonds. The van der Waals surface area contributed by atoms with Gasteiger partial charge in [-0.25, -0.2) is 9.97 Å². The Hall–Kier alpha value is -2.98. The predicted octanol–water partition coefficient (Wildman–Crippen LogP) is 2.76. The monoisotopic (exact) mass is 365 g/mol. The van der Waals surface area contributed by atoms with Crippen LogP contribution in [0.2, 0.25) is 0 Å². The first-order valence-electron chi connectivity index (χ1n) is 9.14. The van der Waals surface area contributed by atoms with Crippen LogP contribution in [0, 0.1) is 22.5 Å². The summed E-state index contributed by atoms with van der Waals surface area (Å²) in [4.78, 5) is 24.4. The lowest BCUT2D eigenvalue weighted by Crippen LogP contribution is -2.47. The second-order valence-corrected chi connectivity index (χ2v) is 6.48. The van der Waals surface area contributed by atoms with Gasteiger partial charge in [0.15, 0.2) is 5.82 Å². The van der Waals surface area contributed by atoms with E-state index in [1.807, 2.05) is 6.07 Å². The number of aryl methyl sites for hydroxylation is 1. The molecule has 1 aliphatic rings. The molecule has 1 fully saturated rings. The van der Waals surface area contributed by atoms with Crippen LogP contribution in [0.3, 0.4) is 0 Å². The van der Waals surface area contributed by atoms with E-state index in [2.05, 4.69) is 27.6 Å². The summed E-state index contributed by atoms with van der Waals surface area (Å²) in [5, 5.41) is 10.9. The Morgan fingerprint density at radius 2 is 1.89 bits per heavy atom. The topological polar surface area (TPSA) is 75.4 Å². The second kappa shape index (κ2) is 8.60. The van der Waals surface area contributed by atoms with E-state index >= 15 is 0 Å². The standard InChI is InChI=1S/C20H23N5O2/c1-3-5-10-23-11-13-24(14-12-23)19-15-17(4-2)21-20(22-19)16-6-8-18(9-7-16)25(26)27/h1,6-9,15H,4-5,10-14H2,2H3. The van der Waals surface area contributed by atoms with Gasteiger partial charge in [0.05, 0.1) is 4.92 Å². The molecule has 0 unspecified atom stereocenters. The van der Waals surface area contributed by atoms with Crippen molar-refractivity contribution in [2.24, 2.45) is 0 Å². The van der Waals surface area contributed by atoms with Gasteiger partial charge in [0, 0.05) is 68.6 Å². The van der Waals surface area contributed by atoms with Gasteiger partial charge in [-0.15, -0.1) is 12.3 Å². The van der Waals surface area contributed by atoms with Crippen molar-refractivity contribution in [2.45, 2.75) is 19.8 Å². The van der Waals surface area contributed by atoms with Crippen molar-refractivity contribution in [1.29, 1.82) is 0 Å². The van der Waals surface area contributed by atoms with E-state index in [0.717, 1.165) is 62.6 Å². The average molecular weight is 365 g/mol. The Morgan fingerprint density at radius 3 is 2.48 bits per heavy atom. The molecule has 0 bridgehead atoms. The number of piperazine rings is 1. The summed E-state index contributed by atoms with van der Waals surface area (Å²) in [5.41, 5.74) is 1.81. The second-order valence-electron chi connectivity index (χ2n) is 6.48. The Labute approximate surface area is 159 Å². The molecule has 0 saturated carbocycles. The fourth-order valence-electron chi connectivity index (χ4n) is 3.11. The molecule has 1 aromatic carbocycles. The van der Waals surface area contributed by atoms with E-state index in [4.69, 9.17) is 11.4 Å². The number of aromatic nitrogens is 2. The van der Waals surface area contributed by atoms with Crippen molar-refractivity contribution in [2.75, 3.05) is 37.6 Å². The zero-order valence-electron chi connectivity index (χ0n) is 15.5. The number of hydrogen-bond acceptors (Lipinski definition) is 6. The number of nitro groups is 1. The number of anilines is 1. The van der Waals surface area contributed by atoms with E-state index < -0.39 is 4.92 Å². The number of terminal acetylenes is 1. The summed E-state index contributed by atoms with van der Waals surface area (Å²) in [6.07, 6.45) is 6.93. The molecule has 140 valence electrons. The Balaban J connectivity index is 1.80. The molecule has 0 radical (unpaired) electrons. The molecule has 7 nitrogen and oxygen atoms in total. The molecule has 0 atom stereocenters. The summed E-state index contributed by atoms with van der Waals surface area (Å²) in [7, 11) is 0. The lowest BCUT2D eigenvalue weighted by molar-refractivity contribution is -0.384. The van der Waals surface area contributed by atoms with Crippen molar-refractivity contribution in [1.82, 2.24) is 14.9 Å². The van der Waals surface area contributed by atoms with E-state index in [9.17, 15) is 10.1 Å². The molecule has 27 heavy (non-hydrogen) atoms. The summed E-state index contributed by atoms with van der Waals surface area (Å²) in [6, 6.07) is 8.41. The van der Waals surface area contributed by atoms with Gasteiger partial charge in [-0.05, 0) is 18.6 Å². The highest BCUT2D eigenvalue weighted by molar-refractivity contribution is 5.60. The summed E-state index contributed by atoms with van der Waals surface area (Å²) in [6.45, 7) is 6.70.